The van der Waals surface area contributed by atoms with Crippen molar-refractivity contribution in [2.45, 2.75) is 57.4 Å². The van der Waals surface area contributed by atoms with Crippen molar-refractivity contribution in [3.63, 3.8) is 0 Å². The molecule has 7 nitrogen and oxygen atoms in total. The summed E-state index contributed by atoms with van der Waals surface area (Å²) in [6.45, 7) is 7.50. The predicted molar refractivity (Wildman–Crippen MR) is 111 cm³/mol. The number of amides is 2. The number of nitrogens with one attached hydrogen (secondary N) is 1. The number of carbonyl (C=O) groups excluding carboxylic acids is 2. The van der Waals surface area contributed by atoms with E-state index in [-0.39, 0.29) is 23.8 Å². The van der Waals surface area contributed by atoms with Crippen LogP contribution in [0.5, 0.6) is 0 Å². The number of sulfonamides is 1. The third kappa shape index (κ3) is 4.98. The van der Waals surface area contributed by atoms with Crippen LogP contribution in [0.4, 0.5) is 0 Å². The highest BCUT2D eigenvalue weighted by Gasteiger charge is 2.33. The second-order valence-corrected chi connectivity index (χ2v) is 10.2. The zero-order valence-corrected chi connectivity index (χ0v) is 18.3. The molecule has 8 heteroatoms. The molecule has 0 bridgehead atoms. The molecule has 0 radical (unpaired) electrons. The molecule has 3 rings (SSSR count). The van der Waals surface area contributed by atoms with E-state index in [4.69, 9.17) is 0 Å². The van der Waals surface area contributed by atoms with Crippen LogP contribution in [0, 0.1) is 19.8 Å². The Morgan fingerprint density at radius 1 is 0.966 bits per heavy atom. The normalized spacial score (nSPS) is 19.9. The Morgan fingerprint density at radius 2 is 1.59 bits per heavy atom. The molecule has 2 aliphatic rings. The summed E-state index contributed by atoms with van der Waals surface area (Å²) in [7, 11) is -3.53. The summed E-state index contributed by atoms with van der Waals surface area (Å²) in [6, 6.07) is 5.30. The largest absolute Gasteiger partial charge is 0.353 e. The van der Waals surface area contributed by atoms with Gasteiger partial charge < -0.3 is 10.2 Å². The van der Waals surface area contributed by atoms with Gasteiger partial charge in [-0.15, -0.1) is 0 Å². The van der Waals surface area contributed by atoms with Gasteiger partial charge in [-0.25, -0.2) is 8.42 Å². The van der Waals surface area contributed by atoms with Crippen LogP contribution in [0.2, 0.25) is 0 Å². The smallest absolute Gasteiger partial charge is 0.243 e. The Labute approximate surface area is 173 Å². The van der Waals surface area contributed by atoms with Gasteiger partial charge >= 0.3 is 0 Å². The number of aryl methyl sites for hydroxylation is 2. The van der Waals surface area contributed by atoms with Crippen LogP contribution in [0.15, 0.2) is 23.1 Å². The van der Waals surface area contributed by atoms with Crippen LogP contribution in [0.3, 0.4) is 0 Å². The van der Waals surface area contributed by atoms with Crippen LogP contribution in [0.25, 0.3) is 0 Å². The number of piperidine rings is 2. The Bertz CT molecular complexity index is 868. The summed E-state index contributed by atoms with van der Waals surface area (Å²) >= 11 is 0. The minimum absolute atomic E-state index is 0.00880. The second-order valence-electron chi connectivity index (χ2n) is 8.21. The van der Waals surface area contributed by atoms with Gasteiger partial charge in [0.1, 0.15) is 0 Å². The molecule has 2 fully saturated rings. The maximum atomic E-state index is 12.9. The third-order valence-electron chi connectivity index (χ3n) is 6.23. The van der Waals surface area contributed by atoms with E-state index in [0.29, 0.717) is 43.9 Å². The monoisotopic (exact) mass is 421 g/mol. The van der Waals surface area contributed by atoms with Gasteiger partial charge in [-0.1, -0.05) is 6.07 Å². The summed E-state index contributed by atoms with van der Waals surface area (Å²) in [6.07, 6.45) is 2.60. The SMILES string of the molecule is CC(=O)N1CCC(NC(=O)C2CCN(S(=O)(=O)c3ccc(C)c(C)c3)CC2)CC1. The van der Waals surface area contributed by atoms with E-state index in [0.717, 1.165) is 24.0 Å². The summed E-state index contributed by atoms with van der Waals surface area (Å²) in [5, 5.41) is 3.10. The van der Waals surface area contributed by atoms with Crippen LogP contribution >= 0.6 is 0 Å². The van der Waals surface area contributed by atoms with Crippen LogP contribution < -0.4 is 5.32 Å². The predicted octanol–water partition coefficient (Wildman–Crippen LogP) is 1.83. The van der Waals surface area contributed by atoms with E-state index < -0.39 is 10.0 Å². The number of benzene rings is 1. The highest BCUT2D eigenvalue weighted by atomic mass is 32.2. The molecule has 2 saturated heterocycles. The molecule has 1 N–H and O–H groups in total. The number of rotatable bonds is 4. The minimum Gasteiger partial charge on any atom is -0.353 e. The molecule has 2 aliphatic heterocycles. The van der Waals surface area contributed by atoms with E-state index in [1.807, 2.05) is 19.9 Å². The molecule has 0 spiro atoms. The number of likely N-dealkylation sites (tertiary alicyclic amines) is 1. The van der Waals surface area contributed by atoms with E-state index in [9.17, 15) is 18.0 Å². The summed E-state index contributed by atoms with van der Waals surface area (Å²) in [4.78, 5) is 26.2. The lowest BCUT2D eigenvalue weighted by Crippen LogP contribution is -2.49. The van der Waals surface area contributed by atoms with E-state index in [2.05, 4.69) is 5.32 Å². The van der Waals surface area contributed by atoms with Gasteiger partial charge in [0.15, 0.2) is 0 Å². The lowest BCUT2D eigenvalue weighted by atomic mass is 9.96. The standard InChI is InChI=1S/C21H31N3O4S/c1-15-4-5-20(14-16(15)2)29(27,28)24-12-6-18(7-13-24)21(26)22-19-8-10-23(11-9-19)17(3)25/h4-5,14,18-19H,6-13H2,1-3H3,(H,22,26). The first kappa shape index (κ1) is 21.8. The van der Waals surface area contributed by atoms with Gasteiger partial charge in [-0.2, -0.15) is 4.31 Å². The zero-order chi connectivity index (χ0) is 21.2. The number of hydrogen-bond donors (Lipinski definition) is 1. The zero-order valence-electron chi connectivity index (χ0n) is 17.5. The lowest BCUT2D eigenvalue weighted by molar-refractivity contribution is -0.130. The Balaban J connectivity index is 1.52. The molecule has 0 atom stereocenters. The maximum absolute atomic E-state index is 12.9. The molecule has 0 aromatic heterocycles. The van der Waals surface area contributed by atoms with Gasteiger partial charge in [-0.05, 0) is 62.8 Å². The summed E-state index contributed by atoms with van der Waals surface area (Å²) < 4.78 is 27.3. The van der Waals surface area contributed by atoms with Crippen molar-refractivity contribution in [2.24, 2.45) is 5.92 Å². The molecule has 29 heavy (non-hydrogen) atoms. The minimum atomic E-state index is -3.53. The Hall–Kier alpha value is -1.93. The molecule has 0 saturated carbocycles. The van der Waals surface area contributed by atoms with Gasteiger partial charge in [0.05, 0.1) is 4.90 Å². The van der Waals surface area contributed by atoms with E-state index in [1.165, 1.54) is 4.31 Å². The van der Waals surface area contributed by atoms with Crippen molar-refractivity contribution in [3.05, 3.63) is 29.3 Å². The van der Waals surface area contributed by atoms with Gasteiger partial charge in [0, 0.05) is 45.1 Å². The molecule has 2 amide bonds. The number of carbonyl (C=O) groups is 2. The quantitative estimate of drug-likeness (QED) is 0.804. The van der Waals surface area contributed by atoms with Crippen molar-refractivity contribution in [1.29, 1.82) is 0 Å². The fraction of sp³-hybridized carbons (Fsp3) is 0.619. The topological polar surface area (TPSA) is 86.8 Å². The second kappa shape index (κ2) is 8.83. The molecule has 0 unspecified atom stereocenters. The number of nitrogens with zero attached hydrogens (tertiary/aromatic N) is 2. The third-order valence-corrected chi connectivity index (χ3v) is 8.12. The van der Waals surface area contributed by atoms with Crippen molar-refractivity contribution in [1.82, 2.24) is 14.5 Å². The summed E-state index contributed by atoms with van der Waals surface area (Å²) in [5.74, 6) is -0.0753. The van der Waals surface area contributed by atoms with Crippen LogP contribution in [0.1, 0.15) is 43.7 Å². The highest BCUT2D eigenvalue weighted by Crippen LogP contribution is 2.25. The molecule has 160 valence electrons. The molecular formula is C21H31N3O4S. The fourth-order valence-electron chi connectivity index (χ4n) is 4.04. The first-order valence-corrected chi connectivity index (χ1v) is 11.8. The molecule has 1 aromatic carbocycles. The van der Waals surface area contributed by atoms with Crippen molar-refractivity contribution in [2.75, 3.05) is 26.2 Å². The average Bonchev–Trinajstić information content (AvgIpc) is 2.70. The Morgan fingerprint density at radius 3 is 2.14 bits per heavy atom. The van der Waals surface area contributed by atoms with Gasteiger partial charge in [-0.3, -0.25) is 9.59 Å². The average molecular weight is 422 g/mol. The summed E-state index contributed by atoms with van der Waals surface area (Å²) in [5.41, 5.74) is 2.02. The number of hydrogen-bond acceptors (Lipinski definition) is 4. The highest BCUT2D eigenvalue weighted by molar-refractivity contribution is 7.89. The first-order valence-electron chi connectivity index (χ1n) is 10.3. The molecule has 1 aromatic rings. The van der Waals surface area contributed by atoms with Crippen LogP contribution in [-0.2, 0) is 19.6 Å². The fourth-order valence-corrected chi connectivity index (χ4v) is 5.59. The van der Waals surface area contributed by atoms with E-state index >= 15 is 0 Å². The maximum Gasteiger partial charge on any atom is 0.243 e. The first-order chi connectivity index (χ1) is 13.7. The van der Waals surface area contributed by atoms with Crippen molar-refractivity contribution >= 4 is 21.8 Å². The van der Waals surface area contributed by atoms with Crippen molar-refractivity contribution < 1.29 is 18.0 Å². The Kier molecular flexibility index (Phi) is 6.63. The van der Waals surface area contributed by atoms with Crippen molar-refractivity contribution in [3.8, 4) is 0 Å². The lowest BCUT2D eigenvalue weighted by Gasteiger charge is -2.34. The van der Waals surface area contributed by atoms with Gasteiger partial charge in [0.25, 0.3) is 0 Å². The van der Waals surface area contributed by atoms with Crippen LogP contribution in [-0.4, -0.2) is 61.7 Å². The molecular weight excluding hydrogens is 390 g/mol. The van der Waals surface area contributed by atoms with Gasteiger partial charge in [0.2, 0.25) is 21.8 Å². The van der Waals surface area contributed by atoms with E-state index in [1.54, 1.807) is 24.0 Å². The molecule has 2 heterocycles. The molecule has 0 aliphatic carbocycles.